The van der Waals surface area contributed by atoms with E-state index in [4.69, 9.17) is 8.94 Å². The maximum Gasteiger partial charge on any atom is 0.292 e. The largest absolute Gasteiger partial charge is 0.438 e. The molecule has 0 aliphatic carbocycles. The van der Waals surface area contributed by atoms with Crippen LogP contribution >= 0.6 is 0 Å². The number of hydrogen-bond donors (Lipinski definition) is 0. The summed E-state index contributed by atoms with van der Waals surface area (Å²) in [5, 5.41) is 3.68. The molecule has 1 aliphatic rings. The van der Waals surface area contributed by atoms with E-state index in [0.29, 0.717) is 12.2 Å². The normalized spacial score (nSPS) is 20.9. The molecule has 1 aliphatic heterocycles. The highest BCUT2D eigenvalue weighted by atomic mass is 19.3. The molecule has 0 unspecified atom stereocenters. The molecule has 0 spiro atoms. The van der Waals surface area contributed by atoms with Gasteiger partial charge in [0, 0.05) is 12.8 Å². The lowest BCUT2D eigenvalue weighted by Crippen LogP contribution is -2.32. The monoisotopic (exact) mass is 298 g/mol. The molecule has 3 heterocycles. The molecule has 21 heavy (non-hydrogen) atoms. The summed E-state index contributed by atoms with van der Waals surface area (Å²) in [7, 11) is 0. The van der Waals surface area contributed by atoms with Crippen LogP contribution in [0.25, 0.3) is 0 Å². The van der Waals surface area contributed by atoms with Crippen LogP contribution in [0, 0.1) is 0 Å². The van der Waals surface area contributed by atoms with E-state index < -0.39 is 30.8 Å². The zero-order valence-electron chi connectivity index (χ0n) is 11.1. The number of rotatable bonds is 3. The van der Waals surface area contributed by atoms with E-state index in [0.717, 1.165) is 11.3 Å². The van der Waals surface area contributed by atoms with E-state index >= 15 is 0 Å². The molecular weight excluding hydrogens is 286 g/mol. The first-order valence-corrected chi connectivity index (χ1v) is 6.40. The van der Waals surface area contributed by atoms with Crippen molar-refractivity contribution in [2.24, 2.45) is 0 Å². The van der Waals surface area contributed by atoms with Gasteiger partial charge < -0.3 is 13.8 Å². The summed E-state index contributed by atoms with van der Waals surface area (Å²) in [4.78, 5) is 20.9. The second kappa shape index (κ2) is 4.90. The number of carbonyl (C=O) groups is 1. The Hall–Kier alpha value is -2.32. The maximum atomic E-state index is 13.7. The Kier molecular flexibility index (Phi) is 3.19. The molecule has 3 rings (SSSR count). The maximum absolute atomic E-state index is 13.7. The first-order chi connectivity index (χ1) is 10.00. The van der Waals surface area contributed by atoms with Gasteiger partial charge in [-0.25, -0.2) is 13.8 Å². The van der Waals surface area contributed by atoms with Gasteiger partial charge in [-0.05, 0) is 0 Å². The van der Waals surface area contributed by atoms with E-state index in [2.05, 4.69) is 15.1 Å². The first-order valence-electron chi connectivity index (χ1n) is 6.40. The van der Waals surface area contributed by atoms with Crippen LogP contribution < -0.4 is 0 Å². The van der Waals surface area contributed by atoms with Gasteiger partial charge in [-0.3, -0.25) is 4.79 Å². The molecule has 1 amide bonds. The van der Waals surface area contributed by atoms with Crippen LogP contribution in [0.4, 0.5) is 8.78 Å². The predicted molar refractivity (Wildman–Crippen MR) is 63.5 cm³/mol. The summed E-state index contributed by atoms with van der Waals surface area (Å²) >= 11 is 0. The van der Waals surface area contributed by atoms with Crippen LogP contribution in [0.15, 0.2) is 21.5 Å². The van der Waals surface area contributed by atoms with Crippen LogP contribution in [0.1, 0.15) is 41.7 Å². The molecule has 0 saturated carbocycles. The fourth-order valence-corrected chi connectivity index (χ4v) is 2.26. The number of likely N-dealkylation sites (tertiary alicyclic amines) is 1. The predicted octanol–water partition coefficient (Wildman–Crippen LogP) is 1.84. The van der Waals surface area contributed by atoms with Crippen molar-refractivity contribution in [1.82, 2.24) is 20.0 Å². The van der Waals surface area contributed by atoms with Crippen molar-refractivity contribution in [1.29, 1.82) is 0 Å². The standard InChI is InChI=1S/C12H12F2N4O3/c1-2-9-16-10(21-17-9)7-3-12(13,14)5-18(7)11(19)8-4-15-6-20-8/h4,6-7H,2-3,5H2,1H3/t7-/m0/s1. The van der Waals surface area contributed by atoms with E-state index in [9.17, 15) is 13.6 Å². The number of carbonyl (C=O) groups excluding carboxylic acids is 1. The molecule has 1 atom stereocenters. The molecule has 112 valence electrons. The topological polar surface area (TPSA) is 85.3 Å². The second-order valence-electron chi connectivity index (χ2n) is 4.78. The number of alkyl halides is 2. The zero-order chi connectivity index (χ0) is 15.0. The third-order valence-electron chi connectivity index (χ3n) is 3.26. The zero-order valence-corrected chi connectivity index (χ0v) is 11.1. The quantitative estimate of drug-likeness (QED) is 0.859. The van der Waals surface area contributed by atoms with Gasteiger partial charge in [-0.15, -0.1) is 0 Å². The minimum Gasteiger partial charge on any atom is -0.438 e. The van der Waals surface area contributed by atoms with Gasteiger partial charge in [-0.1, -0.05) is 12.1 Å². The first kappa shape index (κ1) is 13.7. The lowest BCUT2D eigenvalue weighted by atomic mass is 10.2. The summed E-state index contributed by atoms with van der Waals surface area (Å²) in [5.41, 5.74) is 0. The smallest absolute Gasteiger partial charge is 0.292 e. The number of nitrogens with zero attached hydrogens (tertiary/aromatic N) is 4. The summed E-state index contributed by atoms with van der Waals surface area (Å²) in [5.74, 6) is -3.37. The van der Waals surface area contributed by atoms with Crippen molar-refractivity contribution < 1.29 is 22.5 Å². The van der Waals surface area contributed by atoms with Gasteiger partial charge in [0.1, 0.15) is 6.04 Å². The molecular formula is C12H12F2N4O3. The fourth-order valence-electron chi connectivity index (χ4n) is 2.26. The van der Waals surface area contributed by atoms with Crippen LogP contribution in [-0.4, -0.2) is 38.4 Å². The Balaban J connectivity index is 1.91. The minimum atomic E-state index is -3.01. The number of hydrogen-bond acceptors (Lipinski definition) is 6. The van der Waals surface area contributed by atoms with Crippen molar-refractivity contribution >= 4 is 5.91 Å². The van der Waals surface area contributed by atoms with Gasteiger partial charge in [-0.2, -0.15) is 4.98 Å². The van der Waals surface area contributed by atoms with Gasteiger partial charge in [0.15, 0.2) is 12.2 Å². The highest BCUT2D eigenvalue weighted by molar-refractivity contribution is 5.91. The number of aromatic nitrogens is 3. The molecule has 1 saturated heterocycles. The Labute approximate surface area is 117 Å². The summed E-state index contributed by atoms with van der Waals surface area (Å²) < 4.78 is 37.3. The second-order valence-corrected chi connectivity index (χ2v) is 4.78. The van der Waals surface area contributed by atoms with Crippen LogP contribution in [0.2, 0.25) is 0 Å². The third kappa shape index (κ3) is 2.50. The SMILES string of the molecule is CCc1noc([C@@H]2CC(F)(F)CN2C(=O)c2cnco2)n1. The third-order valence-corrected chi connectivity index (χ3v) is 3.26. The van der Waals surface area contributed by atoms with Gasteiger partial charge in [0.05, 0.1) is 12.7 Å². The Morgan fingerprint density at radius 1 is 1.57 bits per heavy atom. The van der Waals surface area contributed by atoms with E-state index in [1.54, 1.807) is 0 Å². The highest BCUT2D eigenvalue weighted by Crippen LogP contribution is 2.41. The van der Waals surface area contributed by atoms with E-state index in [1.165, 1.54) is 6.20 Å². The number of oxazole rings is 1. The molecule has 2 aromatic heterocycles. The van der Waals surface area contributed by atoms with Crippen molar-refractivity contribution in [2.45, 2.75) is 31.7 Å². The lowest BCUT2D eigenvalue weighted by Gasteiger charge is -2.19. The minimum absolute atomic E-state index is 0.0110. The Morgan fingerprint density at radius 2 is 2.38 bits per heavy atom. The van der Waals surface area contributed by atoms with Crippen molar-refractivity contribution in [3.63, 3.8) is 0 Å². The van der Waals surface area contributed by atoms with Crippen molar-refractivity contribution in [2.75, 3.05) is 6.54 Å². The summed E-state index contributed by atoms with van der Waals surface area (Å²) in [6, 6.07) is -0.967. The fraction of sp³-hybridized carbons (Fsp3) is 0.500. The average Bonchev–Trinajstić information content (AvgIpc) is 3.16. The molecule has 7 nitrogen and oxygen atoms in total. The van der Waals surface area contributed by atoms with Gasteiger partial charge >= 0.3 is 0 Å². The van der Waals surface area contributed by atoms with Gasteiger partial charge in [0.25, 0.3) is 11.8 Å². The number of amides is 1. The van der Waals surface area contributed by atoms with Crippen LogP contribution in [0.3, 0.4) is 0 Å². The highest BCUT2D eigenvalue weighted by Gasteiger charge is 2.50. The summed E-state index contributed by atoms with van der Waals surface area (Å²) in [6.45, 7) is 1.09. The average molecular weight is 298 g/mol. The molecule has 0 bridgehead atoms. The van der Waals surface area contributed by atoms with Crippen LogP contribution in [0.5, 0.6) is 0 Å². The molecule has 0 aromatic carbocycles. The molecule has 1 fully saturated rings. The Bertz CT molecular complexity index is 641. The van der Waals surface area contributed by atoms with E-state index in [-0.39, 0.29) is 11.7 Å². The Morgan fingerprint density at radius 3 is 3.00 bits per heavy atom. The van der Waals surface area contributed by atoms with Gasteiger partial charge in [0.2, 0.25) is 11.7 Å². The molecule has 2 aromatic rings. The number of halogens is 2. The van der Waals surface area contributed by atoms with E-state index in [1.807, 2.05) is 6.92 Å². The van der Waals surface area contributed by atoms with Crippen molar-refractivity contribution in [3.05, 3.63) is 30.1 Å². The molecule has 0 N–H and O–H groups in total. The van der Waals surface area contributed by atoms with Crippen molar-refractivity contribution in [3.8, 4) is 0 Å². The van der Waals surface area contributed by atoms with Crippen LogP contribution in [-0.2, 0) is 6.42 Å². The summed E-state index contributed by atoms with van der Waals surface area (Å²) in [6.07, 6.45) is 2.21. The molecule has 9 heteroatoms. The number of aryl methyl sites for hydroxylation is 1. The lowest BCUT2D eigenvalue weighted by molar-refractivity contribution is 0.0113. The molecule has 0 radical (unpaired) electrons.